The first kappa shape index (κ1) is 14.7. The first-order chi connectivity index (χ1) is 8.28. The van der Waals surface area contributed by atoms with E-state index in [0.29, 0.717) is 0 Å². The van der Waals surface area contributed by atoms with Crippen LogP contribution in [-0.2, 0) is 17.0 Å². The van der Waals surface area contributed by atoms with E-state index in [1.165, 1.54) is 5.39 Å². The minimum absolute atomic E-state index is 0.556. The van der Waals surface area contributed by atoms with Gasteiger partial charge in [-0.1, -0.05) is 36.4 Å². The molecule has 2 aromatic carbocycles. The Kier molecular flexibility index (Phi) is 6.75. The number of fused-ring (bicyclic) bond motifs is 1. The molecule has 0 saturated heterocycles. The summed E-state index contributed by atoms with van der Waals surface area (Å²) in [6, 6.07) is 12.2. The molecule has 0 aromatic heterocycles. The third kappa shape index (κ3) is 3.78. The Balaban J connectivity index is 0.000000437. The predicted octanol–water partition coefficient (Wildman–Crippen LogP) is 5.49. The van der Waals surface area contributed by atoms with Gasteiger partial charge in [-0.25, -0.2) is 0 Å². The van der Waals surface area contributed by atoms with Gasteiger partial charge >= 0.3 is 35.6 Å². The summed E-state index contributed by atoms with van der Waals surface area (Å²) in [4.78, 5) is 0. The Morgan fingerprint density at radius 1 is 0.882 bits per heavy atom. The standard InChI is InChI=1S/C12H12N2.2ClH.Ti/c1-13-10-7-3-5-9-6-4-8-11(14-2)12(9)10;;;/h3-8H,1-2H3;2*1H;/q-2;;;+2/p-2. The second-order valence-corrected chi connectivity index (χ2v) is 5.75. The van der Waals surface area contributed by atoms with Crippen LogP contribution in [-0.4, -0.2) is 14.1 Å². The molecule has 0 spiro atoms. The Morgan fingerprint density at radius 3 is 1.65 bits per heavy atom. The van der Waals surface area contributed by atoms with Gasteiger partial charge in [0.05, 0.1) is 0 Å². The second-order valence-electron chi connectivity index (χ2n) is 3.17. The number of nitrogens with zero attached hydrogens (tertiary/aromatic N) is 2. The van der Waals surface area contributed by atoms with Crippen LogP contribution >= 0.6 is 18.6 Å². The molecule has 0 aliphatic carbocycles. The first-order valence-electron chi connectivity index (χ1n) is 4.96. The second kappa shape index (κ2) is 7.83. The van der Waals surface area contributed by atoms with Gasteiger partial charge in [0.2, 0.25) is 0 Å². The zero-order valence-corrected chi connectivity index (χ0v) is 12.7. The summed E-state index contributed by atoms with van der Waals surface area (Å²) in [5, 5.41) is 10.8. The summed E-state index contributed by atoms with van der Waals surface area (Å²) in [6.07, 6.45) is 0. The monoisotopic (exact) mass is 302 g/mol. The van der Waals surface area contributed by atoms with E-state index in [-0.39, 0.29) is 0 Å². The summed E-state index contributed by atoms with van der Waals surface area (Å²) in [5.74, 6) is 0. The number of benzene rings is 2. The van der Waals surface area contributed by atoms with Gasteiger partial charge in [0, 0.05) is 0 Å². The van der Waals surface area contributed by atoms with Crippen molar-refractivity contribution in [3.8, 4) is 0 Å². The van der Waals surface area contributed by atoms with Gasteiger partial charge in [-0.15, -0.1) is 25.5 Å². The predicted molar refractivity (Wildman–Crippen MR) is 73.5 cm³/mol. The summed E-state index contributed by atoms with van der Waals surface area (Å²) in [5.41, 5.74) is 2.01. The molecular formula is C12H12Cl2N2Ti-2. The molecule has 0 radical (unpaired) electrons. The quantitative estimate of drug-likeness (QED) is 0.657. The Morgan fingerprint density at radius 2 is 1.29 bits per heavy atom. The average molecular weight is 303 g/mol. The zero-order valence-electron chi connectivity index (χ0n) is 9.61. The van der Waals surface area contributed by atoms with E-state index in [9.17, 15) is 0 Å². The van der Waals surface area contributed by atoms with Gasteiger partial charge in [0.25, 0.3) is 0 Å². The molecule has 2 nitrogen and oxygen atoms in total. The molecule has 0 aliphatic heterocycles. The maximum absolute atomic E-state index is 4.89. The van der Waals surface area contributed by atoms with Gasteiger partial charge in [0.15, 0.2) is 0 Å². The molecule has 0 saturated carbocycles. The van der Waals surface area contributed by atoms with E-state index in [4.69, 9.17) is 18.6 Å². The molecule has 0 bridgehead atoms. The van der Waals surface area contributed by atoms with E-state index >= 15 is 0 Å². The van der Waals surface area contributed by atoms with Crippen LogP contribution in [0.15, 0.2) is 36.4 Å². The van der Waals surface area contributed by atoms with Crippen molar-refractivity contribution in [1.29, 1.82) is 0 Å². The molecule has 0 heterocycles. The topological polar surface area (TPSA) is 28.2 Å². The van der Waals surface area contributed by atoms with Gasteiger partial charge in [-0.3, -0.25) is 0 Å². The van der Waals surface area contributed by atoms with Crippen molar-refractivity contribution in [2.45, 2.75) is 0 Å². The first-order valence-corrected chi connectivity index (χ1v) is 9.25. The normalized spacial score (nSPS) is 9.18. The van der Waals surface area contributed by atoms with E-state index in [1.807, 2.05) is 24.3 Å². The Hall–Kier alpha value is -0.406. The number of rotatable bonds is 2. The molecular weight excluding hydrogens is 291 g/mol. The van der Waals surface area contributed by atoms with Crippen LogP contribution in [0, 0.1) is 0 Å². The van der Waals surface area contributed by atoms with Crippen LogP contribution in [0.3, 0.4) is 0 Å². The maximum atomic E-state index is 4.89. The fourth-order valence-electron chi connectivity index (χ4n) is 1.67. The van der Waals surface area contributed by atoms with Crippen molar-refractivity contribution in [3.05, 3.63) is 47.0 Å². The Bertz CT molecular complexity index is 438. The fourth-order valence-corrected chi connectivity index (χ4v) is 1.67. The zero-order chi connectivity index (χ0) is 12.7. The molecule has 0 amide bonds. The molecule has 2 rings (SSSR count). The average Bonchev–Trinajstić information content (AvgIpc) is 2.38. The summed E-state index contributed by atoms with van der Waals surface area (Å²) < 4.78 is 0. The molecule has 0 aliphatic rings. The van der Waals surface area contributed by atoms with Crippen LogP contribution in [0.1, 0.15) is 0 Å². The van der Waals surface area contributed by atoms with Crippen molar-refractivity contribution in [1.82, 2.24) is 0 Å². The van der Waals surface area contributed by atoms with E-state index < -0.39 is 17.0 Å². The van der Waals surface area contributed by atoms with Crippen LogP contribution in [0.4, 0.5) is 11.4 Å². The molecule has 0 atom stereocenters. The van der Waals surface area contributed by atoms with Gasteiger partial charge < -0.3 is 10.6 Å². The summed E-state index contributed by atoms with van der Waals surface area (Å²) in [6.45, 7) is 0. The van der Waals surface area contributed by atoms with Crippen molar-refractivity contribution >= 4 is 40.8 Å². The van der Waals surface area contributed by atoms with Crippen molar-refractivity contribution in [2.75, 3.05) is 14.1 Å². The molecule has 0 fully saturated rings. The third-order valence-corrected chi connectivity index (χ3v) is 2.34. The summed E-state index contributed by atoms with van der Waals surface area (Å²) in [7, 11) is 13.4. The molecule has 0 N–H and O–H groups in total. The van der Waals surface area contributed by atoms with Gasteiger partial charge in [-0.05, 0) is 10.8 Å². The summed E-state index contributed by atoms with van der Waals surface area (Å²) >= 11 is -0.556. The van der Waals surface area contributed by atoms with Crippen LogP contribution in [0.25, 0.3) is 21.4 Å². The van der Waals surface area contributed by atoms with E-state index in [2.05, 4.69) is 22.8 Å². The van der Waals surface area contributed by atoms with E-state index in [0.717, 1.165) is 16.8 Å². The van der Waals surface area contributed by atoms with Crippen molar-refractivity contribution in [3.63, 3.8) is 0 Å². The molecule has 2 aromatic rings. The van der Waals surface area contributed by atoms with Gasteiger partial charge in [-0.2, -0.15) is 0 Å². The fraction of sp³-hybridized carbons (Fsp3) is 0.167. The third-order valence-electron chi connectivity index (χ3n) is 2.34. The SMILES string of the molecule is C[N-]c1cccc2cccc([N-]C)c12.[Cl][Ti][Cl]. The number of hydrogen-bond donors (Lipinski definition) is 0. The van der Waals surface area contributed by atoms with E-state index in [1.54, 1.807) is 14.1 Å². The van der Waals surface area contributed by atoms with Crippen LogP contribution in [0.5, 0.6) is 0 Å². The van der Waals surface area contributed by atoms with Gasteiger partial charge in [0.1, 0.15) is 0 Å². The molecule has 0 unspecified atom stereocenters. The molecule has 5 heteroatoms. The molecule has 17 heavy (non-hydrogen) atoms. The van der Waals surface area contributed by atoms with Crippen molar-refractivity contribution < 1.29 is 17.0 Å². The molecule has 90 valence electrons. The van der Waals surface area contributed by atoms with Crippen molar-refractivity contribution in [2.24, 2.45) is 0 Å². The number of halogens is 2. The minimum atomic E-state index is -0.556. The van der Waals surface area contributed by atoms with Crippen LogP contribution in [0.2, 0.25) is 0 Å². The number of hydrogen-bond acceptors (Lipinski definition) is 0. The van der Waals surface area contributed by atoms with Crippen LogP contribution < -0.4 is 0 Å². The Labute approximate surface area is 118 Å².